The van der Waals surface area contributed by atoms with E-state index in [1.165, 1.54) is 21.1 Å². The van der Waals surface area contributed by atoms with Gasteiger partial charge in [-0.3, -0.25) is 33.0 Å². The molecule has 0 spiro atoms. The van der Waals surface area contributed by atoms with Crippen molar-refractivity contribution >= 4 is 19.6 Å². The zero-order valence-corrected chi connectivity index (χ0v) is 24.5. The number of aliphatic hydroxyl groups is 2. The first-order valence-electron chi connectivity index (χ1n) is 12.6. The van der Waals surface area contributed by atoms with Crippen molar-refractivity contribution in [2.24, 2.45) is 11.8 Å². The van der Waals surface area contributed by atoms with E-state index in [4.69, 9.17) is 18.7 Å². The molecule has 0 saturated heterocycles. The Bertz CT molecular complexity index is 1220. The first-order chi connectivity index (χ1) is 18.5. The van der Waals surface area contributed by atoms with Crippen LogP contribution < -0.4 is 21.4 Å². The molecule has 0 amide bonds. The monoisotopic (exact) mass is 590 g/mol. The molecule has 5 N–H and O–H groups in total. The van der Waals surface area contributed by atoms with Crippen LogP contribution in [-0.2, 0) is 32.9 Å². The van der Waals surface area contributed by atoms with Crippen molar-refractivity contribution in [3.63, 3.8) is 0 Å². The lowest BCUT2D eigenvalue weighted by Gasteiger charge is -2.29. The summed E-state index contributed by atoms with van der Waals surface area (Å²) < 4.78 is 35.9. The largest absolute Gasteiger partial charge is 0.506 e. The fraction of sp³-hybridized carbons (Fsp3) is 0.667. The van der Waals surface area contributed by atoms with Gasteiger partial charge in [0.15, 0.2) is 17.1 Å². The topological polar surface area (TPSA) is 208 Å². The molecule has 2 heterocycles. The number of carbonyl (C=O) groups is 2. The lowest BCUT2D eigenvalue weighted by Crippen LogP contribution is -2.45. The van der Waals surface area contributed by atoms with Crippen LogP contribution in [0.25, 0.3) is 0 Å². The standard InChI is InChI=1S/C24H39N4O11P/c1-13(2)10-15(20(31)36-6)26-40(35,27-16(11-14(3)4)21(32)37-7)38-12-17-19(30)24(5,34)22(39-17)28-9-8-18(29)25-23(28)33/h8-9,13-16,22,30,34H,10-12H2,1-7H3,(H,25,29,33)(H2,26,27,35)/t15?,16?,22-,24?,40?/m1/s1. The Morgan fingerprint density at radius 1 is 1.10 bits per heavy atom. The molecule has 15 nitrogen and oxygen atoms in total. The van der Waals surface area contributed by atoms with Crippen LogP contribution in [0.5, 0.6) is 0 Å². The number of nitrogens with one attached hydrogen (secondary N) is 3. The Balaban J connectivity index is 2.42. The number of methoxy groups -OCH3 is 2. The van der Waals surface area contributed by atoms with Gasteiger partial charge in [0, 0.05) is 12.3 Å². The average Bonchev–Trinajstić information content (AvgIpc) is 3.08. The van der Waals surface area contributed by atoms with Crippen molar-refractivity contribution in [3.8, 4) is 0 Å². The molecule has 16 heteroatoms. The van der Waals surface area contributed by atoms with Gasteiger partial charge in [0.1, 0.15) is 18.7 Å². The molecule has 1 aliphatic rings. The Morgan fingerprint density at radius 2 is 1.60 bits per heavy atom. The van der Waals surface area contributed by atoms with Gasteiger partial charge in [-0.2, -0.15) is 0 Å². The third kappa shape index (κ3) is 8.27. The Labute approximate surface area is 231 Å². The highest BCUT2D eigenvalue weighted by atomic mass is 31.2. The maximum Gasteiger partial charge on any atom is 0.342 e. The van der Waals surface area contributed by atoms with E-state index in [2.05, 4.69) is 10.2 Å². The zero-order chi connectivity index (χ0) is 30.4. The number of hydrogen-bond acceptors (Lipinski definition) is 11. The van der Waals surface area contributed by atoms with Gasteiger partial charge in [-0.1, -0.05) is 27.7 Å². The van der Waals surface area contributed by atoms with Crippen LogP contribution in [0.4, 0.5) is 0 Å². The molecular formula is C24H39N4O11P. The van der Waals surface area contributed by atoms with Crippen LogP contribution >= 0.6 is 7.67 Å². The maximum absolute atomic E-state index is 14.1. The van der Waals surface area contributed by atoms with Gasteiger partial charge < -0.3 is 24.4 Å². The van der Waals surface area contributed by atoms with E-state index >= 15 is 0 Å². The predicted octanol–water partition coefficient (Wildman–Crippen LogP) is 1.07. The summed E-state index contributed by atoms with van der Waals surface area (Å²) in [7, 11) is -1.99. The van der Waals surface area contributed by atoms with Crippen LogP contribution in [0.2, 0.25) is 0 Å². The number of H-pyrrole nitrogens is 1. The Hall–Kier alpha value is -2.97. The smallest absolute Gasteiger partial charge is 0.342 e. The van der Waals surface area contributed by atoms with Crippen molar-refractivity contribution in [3.05, 3.63) is 44.6 Å². The molecule has 0 radical (unpaired) electrons. The Kier molecular flexibility index (Phi) is 11.3. The average molecular weight is 591 g/mol. The highest BCUT2D eigenvalue weighted by Gasteiger charge is 2.49. The fourth-order valence-electron chi connectivity index (χ4n) is 4.05. The summed E-state index contributed by atoms with van der Waals surface area (Å²) in [5.74, 6) is -2.62. The van der Waals surface area contributed by atoms with Crippen molar-refractivity contribution in [2.45, 2.75) is 71.4 Å². The van der Waals surface area contributed by atoms with Crippen LogP contribution in [0, 0.1) is 11.8 Å². The molecule has 3 unspecified atom stereocenters. The van der Waals surface area contributed by atoms with Gasteiger partial charge in [0.05, 0.1) is 14.2 Å². The summed E-state index contributed by atoms with van der Waals surface area (Å²) >= 11 is 0. The molecule has 0 bridgehead atoms. The third-order valence-corrected chi connectivity index (χ3v) is 7.79. The number of ether oxygens (including phenoxy) is 3. The molecule has 0 aliphatic carbocycles. The summed E-state index contributed by atoms with van der Waals surface area (Å²) in [5, 5.41) is 26.9. The van der Waals surface area contributed by atoms with Gasteiger partial charge in [-0.05, 0) is 31.6 Å². The SMILES string of the molecule is COC(=O)C(CC(C)C)NP(=O)(NC(CC(C)C)C(=O)OC)OCC1=C(O)C(C)(O)[C@H](n2ccc(=O)[nH]c2=O)O1. The number of hydrogen-bond donors (Lipinski definition) is 5. The molecule has 1 aliphatic heterocycles. The van der Waals surface area contributed by atoms with E-state index < -0.39 is 67.1 Å². The van der Waals surface area contributed by atoms with Crippen LogP contribution in [0.3, 0.4) is 0 Å². The van der Waals surface area contributed by atoms with Gasteiger partial charge in [-0.25, -0.2) is 15.0 Å². The molecular weight excluding hydrogens is 551 g/mol. The maximum atomic E-state index is 14.1. The van der Waals surface area contributed by atoms with E-state index in [9.17, 15) is 34.0 Å². The minimum atomic E-state index is -4.33. The minimum absolute atomic E-state index is 0.0338. The number of nitrogens with zero attached hydrogens (tertiary/aromatic N) is 1. The van der Waals surface area contributed by atoms with E-state index in [1.54, 1.807) is 0 Å². The van der Waals surface area contributed by atoms with Crippen molar-refractivity contribution in [1.29, 1.82) is 0 Å². The van der Waals surface area contributed by atoms with E-state index in [1.807, 2.05) is 32.7 Å². The quantitative estimate of drug-likeness (QED) is 0.152. The third-order valence-electron chi connectivity index (χ3n) is 6.00. The number of aliphatic hydroxyl groups excluding tert-OH is 1. The highest BCUT2D eigenvalue weighted by Crippen LogP contribution is 2.44. The van der Waals surface area contributed by atoms with E-state index in [0.717, 1.165) is 16.8 Å². The molecule has 1 aromatic rings. The molecule has 40 heavy (non-hydrogen) atoms. The van der Waals surface area contributed by atoms with Gasteiger partial charge in [0.2, 0.25) is 6.23 Å². The first-order valence-corrected chi connectivity index (χ1v) is 14.3. The number of carbonyl (C=O) groups excluding carboxylic acids is 2. The summed E-state index contributed by atoms with van der Waals surface area (Å²) in [5.41, 5.74) is -3.74. The second kappa shape index (κ2) is 13.6. The Morgan fingerprint density at radius 3 is 2.02 bits per heavy atom. The number of aromatic amines is 1. The summed E-state index contributed by atoms with van der Waals surface area (Å²) in [6.07, 6.45) is -0.0373. The van der Waals surface area contributed by atoms with Gasteiger partial charge in [0.25, 0.3) is 5.56 Å². The fourth-order valence-corrected chi connectivity index (χ4v) is 5.81. The van der Waals surface area contributed by atoms with Crippen LogP contribution in [0.1, 0.15) is 53.7 Å². The van der Waals surface area contributed by atoms with E-state index in [0.29, 0.717) is 0 Å². The van der Waals surface area contributed by atoms with Crippen molar-refractivity contribution < 1.29 is 43.1 Å². The predicted molar refractivity (Wildman–Crippen MR) is 142 cm³/mol. The molecule has 1 aromatic heterocycles. The zero-order valence-electron chi connectivity index (χ0n) is 23.6. The van der Waals surface area contributed by atoms with Crippen molar-refractivity contribution in [1.82, 2.24) is 19.7 Å². The van der Waals surface area contributed by atoms with Gasteiger partial charge >= 0.3 is 25.3 Å². The normalized spacial score (nSPS) is 22.1. The lowest BCUT2D eigenvalue weighted by molar-refractivity contribution is -0.143. The number of rotatable bonds is 14. The molecule has 0 aromatic carbocycles. The first kappa shape index (κ1) is 33.2. The molecule has 0 fully saturated rings. The second-order valence-corrected chi connectivity index (χ2v) is 12.3. The van der Waals surface area contributed by atoms with E-state index in [-0.39, 0.29) is 30.4 Å². The van der Waals surface area contributed by atoms with Gasteiger partial charge in [-0.15, -0.1) is 0 Å². The summed E-state index contributed by atoms with van der Waals surface area (Å²) in [6.45, 7) is 7.79. The molecule has 2 rings (SSSR count). The molecule has 4 atom stereocenters. The minimum Gasteiger partial charge on any atom is -0.506 e. The van der Waals surface area contributed by atoms with Crippen molar-refractivity contribution in [2.75, 3.05) is 20.8 Å². The highest BCUT2D eigenvalue weighted by molar-refractivity contribution is 7.54. The number of esters is 2. The van der Waals surface area contributed by atoms with Crippen LogP contribution in [0.15, 0.2) is 33.4 Å². The number of aromatic nitrogens is 2. The summed E-state index contributed by atoms with van der Waals surface area (Å²) in [4.78, 5) is 50.7. The molecule has 226 valence electrons. The lowest BCUT2D eigenvalue weighted by atomic mass is 10.0. The van der Waals surface area contributed by atoms with Crippen LogP contribution in [-0.4, -0.2) is 70.2 Å². The molecule has 0 saturated carbocycles. The summed E-state index contributed by atoms with van der Waals surface area (Å²) in [6, 6.07) is -1.19. The second-order valence-electron chi connectivity index (χ2n) is 10.4.